The molecule has 1 aromatic carbocycles. The van der Waals surface area contributed by atoms with Crippen molar-refractivity contribution in [3.8, 4) is 5.75 Å². The zero-order valence-corrected chi connectivity index (χ0v) is 14.2. The lowest BCUT2D eigenvalue weighted by Crippen LogP contribution is -2.20. The Morgan fingerprint density at radius 2 is 1.39 bits per heavy atom. The summed E-state index contributed by atoms with van der Waals surface area (Å²) in [4.78, 5) is 0. The molecule has 23 heavy (non-hydrogen) atoms. The number of ether oxygens (including phenoxy) is 5. The van der Waals surface area contributed by atoms with Crippen LogP contribution in [0.2, 0.25) is 0 Å². The zero-order valence-electron chi connectivity index (χ0n) is 14.2. The smallest absolute Gasteiger partial charge is 0.159 e. The summed E-state index contributed by atoms with van der Waals surface area (Å²) >= 11 is 0. The van der Waals surface area contributed by atoms with Crippen molar-refractivity contribution in [2.75, 3.05) is 52.0 Å². The normalized spacial score (nSPS) is 11.1. The average Bonchev–Trinajstić information content (AvgIpc) is 2.55. The van der Waals surface area contributed by atoms with Crippen LogP contribution in [0.15, 0.2) is 24.3 Å². The Morgan fingerprint density at radius 1 is 0.826 bits per heavy atom. The van der Waals surface area contributed by atoms with Gasteiger partial charge in [0.15, 0.2) is 6.29 Å². The van der Waals surface area contributed by atoms with Gasteiger partial charge in [0, 0.05) is 25.3 Å². The highest BCUT2D eigenvalue weighted by atomic mass is 16.7. The predicted molar refractivity (Wildman–Crippen MR) is 89.6 cm³/mol. The molecule has 0 bridgehead atoms. The monoisotopic (exact) mass is 327 g/mol. The van der Waals surface area contributed by atoms with Crippen molar-refractivity contribution in [2.45, 2.75) is 26.6 Å². The lowest BCUT2D eigenvalue weighted by atomic mass is 10.3. The van der Waals surface area contributed by atoms with Crippen molar-refractivity contribution in [1.82, 2.24) is 0 Å². The number of nitrogen functional groups attached to an aromatic ring is 1. The second kappa shape index (κ2) is 13.1. The molecule has 0 aromatic heterocycles. The van der Waals surface area contributed by atoms with Crippen LogP contribution in [0.1, 0.15) is 20.3 Å². The maximum absolute atomic E-state index is 5.60. The number of rotatable bonds is 14. The van der Waals surface area contributed by atoms with Crippen molar-refractivity contribution in [3.05, 3.63) is 24.3 Å². The first-order valence-corrected chi connectivity index (χ1v) is 8.13. The summed E-state index contributed by atoms with van der Waals surface area (Å²) in [6.07, 6.45) is 0.543. The average molecular weight is 327 g/mol. The van der Waals surface area contributed by atoms with Crippen LogP contribution in [-0.2, 0) is 18.9 Å². The largest absolute Gasteiger partial charge is 0.491 e. The van der Waals surface area contributed by atoms with Crippen molar-refractivity contribution in [2.24, 2.45) is 0 Å². The summed E-state index contributed by atoms with van der Waals surface area (Å²) in [5, 5.41) is 0. The van der Waals surface area contributed by atoms with Crippen LogP contribution in [0, 0.1) is 0 Å². The number of benzene rings is 1. The Labute approximate surface area is 138 Å². The molecule has 0 aliphatic carbocycles. The van der Waals surface area contributed by atoms with E-state index in [1.54, 1.807) is 0 Å². The molecule has 0 aliphatic rings. The van der Waals surface area contributed by atoms with Crippen LogP contribution in [0.4, 0.5) is 5.69 Å². The van der Waals surface area contributed by atoms with Crippen molar-refractivity contribution in [1.29, 1.82) is 0 Å². The molecule has 0 spiro atoms. The van der Waals surface area contributed by atoms with Crippen molar-refractivity contribution >= 4 is 5.69 Å². The predicted octanol–water partition coefficient (Wildman–Crippen LogP) is 2.47. The third-order valence-electron chi connectivity index (χ3n) is 2.95. The molecule has 0 atom stereocenters. The standard InChI is InChI=1S/C17H29NO5/c1-3-21-17(22-4-2)9-10-19-11-12-20-13-14-23-16-7-5-15(18)6-8-16/h5-8,17H,3-4,9-14,18H2,1-2H3. The molecule has 6 heteroatoms. The number of hydrogen-bond donors (Lipinski definition) is 1. The van der Waals surface area contributed by atoms with Crippen LogP contribution in [0.25, 0.3) is 0 Å². The molecule has 1 aromatic rings. The van der Waals surface area contributed by atoms with E-state index in [-0.39, 0.29) is 6.29 Å². The molecule has 0 fully saturated rings. The van der Waals surface area contributed by atoms with Gasteiger partial charge in [0.2, 0.25) is 0 Å². The molecule has 0 saturated carbocycles. The summed E-state index contributed by atoms with van der Waals surface area (Å²) in [6, 6.07) is 7.29. The fourth-order valence-electron chi connectivity index (χ4n) is 1.87. The van der Waals surface area contributed by atoms with E-state index in [4.69, 9.17) is 29.4 Å². The molecule has 0 aliphatic heterocycles. The van der Waals surface area contributed by atoms with Gasteiger partial charge >= 0.3 is 0 Å². The lowest BCUT2D eigenvalue weighted by Gasteiger charge is -2.16. The minimum absolute atomic E-state index is 0.181. The van der Waals surface area contributed by atoms with Gasteiger partial charge in [-0.1, -0.05) is 0 Å². The first-order chi connectivity index (χ1) is 11.3. The van der Waals surface area contributed by atoms with Gasteiger partial charge in [-0.2, -0.15) is 0 Å². The molecule has 0 unspecified atom stereocenters. The van der Waals surface area contributed by atoms with Gasteiger partial charge in [0.1, 0.15) is 12.4 Å². The van der Waals surface area contributed by atoms with E-state index in [2.05, 4.69) is 0 Å². The summed E-state index contributed by atoms with van der Waals surface area (Å²) in [5.41, 5.74) is 6.33. The highest BCUT2D eigenvalue weighted by Gasteiger charge is 2.06. The van der Waals surface area contributed by atoms with E-state index in [0.29, 0.717) is 46.2 Å². The maximum atomic E-state index is 5.60. The quantitative estimate of drug-likeness (QED) is 0.321. The van der Waals surface area contributed by atoms with Crippen LogP contribution in [-0.4, -0.2) is 52.5 Å². The third-order valence-corrected chi connectivity index (χ3v) is 2.95. The topological polar surface area (TPSA) is 72.2 Å². The Bertz CT molecular complexity index is 379. The van der Waals surface area contributed by atoms with Crippen LogP contribution in [0.3, 0.4) is 0 Å². The van der Waals surface area contributed by atoms with Crippen molar-refractivity contribution < 1.29 is 23.7 Å². The van der Waals surface area contributed by atoms with Gasteiger partial charge < -0.3 is 29.4 Å². The SMILES string of the molecule is CCOC(CCOCCOCCOc1ccc(N)cc1)OCC. The first kappa shape index (κ1) is 19.7. The van der Waals surface area contributed by atoms with Crippen molar-refractivity contribution in [3.63, 3.8) is 0 Å². The second-order valence-corrected chi connectivity index (χ2v) is 4.77. The summed E-state index contributed by atoms with van der Waals surface area (Å²) in [7, 11) is 0. The fourth-order valence-corrected chi connectivity index (χ4v) is 1.87. The van der Waals surface area contributed by atoms with E-state index >= 15 is 0 Å². The molecular weight excluding hydrogens is 298 g/mol. The third kappa shape index (κ3) is 10.1. The molecular formula is C17H29NO5. The van der Waals surface area contributed by atoms with Gasteiger partial charge in [-0.15, -0.1) is 0 Å². The Morgan fingerprint density at radius 3 is 2.00 bits per heavy atom. The maximum Gasteiger partial charge on any atom is 0.159 e. The molecule has 0 amide bonds. The van der Waals surface area contributed by atoms with Crippen LogP contribution in [0.5, 0.6) is 5.75 Å². The number of anilines is 1. The molecule has 2 N–H and O–H groups in total. The van der Waals surface area contributed by atoms with E-state index in [0.717, 1.165) is 17.9 Å². The van der Waals surface area contributed by atoms with Crippen LogP contribution >= 0.6 is 0 Å². The molecule has 0 radical (unpaired) electrons. The molecule has 1 rings (SSSR count). The van der Waals surface area contributed by atoms with E-state index < -0.39 is 0 Å². The minimum Gasteiger partial charge on any atom is -0.491 e. The Balaban J connectivity index is 1.92. The Hall–Kier alpha value is -1.34. The fraction of sp³-hybridized carbons (Fsp3) is 0.647. The number of nitrogens with two attached hydrogens (primary N) is 1. The van der Waals surface area contributed by atoms with E-state index in [9.17, 15) is 0 Å². The molecule has 0 heterocycles. The molecule has 0 saturated heterocycles. The van der Waals surface area contributed by atoms with Gasteiger partial charge in [-0.05, 0) is 38.1 Å². The summed E-state index contributed by atoms with van der Waals surface area (Å²) < 4.78 is 27.3. The zero-order chi connectivity index (χ0) is 16.8. The Kier molecular flexibility index (Phi) is 11.3. The first-order valence-electron chi connectivity index (χ1n) is 8.13. The highest BCUT2D eigenvalue weighted by Crippen LogP contribution is 2.12. The lowest BCUT2D eigenvalue weighted by molar-refractivity contribution is -0.147. The summed E-state index contributed by atoms with van der Waals surface area (Å²) in [5.74, 6) is 0.789. The molecule has 6 nitrogen and oxygen atoms in total. The van der Waals surface area contributed by atoms with Crippen LogP contribution < -0.4 is 10.5 Å². The highest BCUT2D eigenvalue weighted by molar-refractivity contribution is 5.41. The molecule has 132 valence electrons. The van der Waals surface area contributed by atoms with E-state index in [1.165, 1.54) is 0 Å². The van der Waals surface area contributed by atoms with Gasteiger partial charge in [-0.3, -0.25) is 0 Å². The van der Waals surface area contributed by atoms with E-state index in [1.807, 2.05) is 38.1 Å². The van der Waals surface area contributed by atoms with Gasteiger partial charge in [0.25, 0.3) is 0 Å². The minimum atomic E-state index is -0.181. The van der Waals surface area contributed by atoms with Gasteiger partial charge in [-0.25, -0.2) is 0 Å². The van der Waals surface area contributed by atoms with Gasteiger partial charge in [0.05, 0.1) is 26.4 Å². The number of hydrogen-bond acceptors (Lipinski definition) is 6. The second-order valence-electron chi connectivity index (χ2n) is 4.77. The summed E-state index contributed by atoms with van der Waals surface area (Å²) in [6.45, 7) is 7.89.